The molecular weight excluding hydrogens is 466 g/mol. The van der Waals surface area contributed by atoms with Gasteiger partial charge in [-0.15, -0.1) is 0 Å². The number of hydrogen-bond acceptors (Lipinski definition) is 10. The minimum absolute atomic E-state index is 0.0834. The van der Waals surface area contributed by atoms with Crippen molar-refractivity contribution in [3.05, 3.63) is 54.2 Å². The molecule has 0 radical (unpaired) electrons. The van der Waals surface area contributed by atoms with E-state index in [0.29, 0.717) is 0 Å². The minimum Gasteiger partial charge on any atom is -0.506 e. The molecule has 0 aromatic heterocycles. The van der Waals surface area contributed by atoms with E-state index < -0.39 is 43.4 Å². The third-order valence-electron chi connectivity index (χ3n) is 3.83. The summed E-state index contributed by atoms with van der Waals surface area (Å²) in [5.41, 5.74) is -0.760. The Labute approximate surface area is 183 Å². The highest BCUT2D eigenvalue weighted by Crippen LogP contribution is 2.29. The van der Waals surface area contributed by atoms with Gasteiger partial charge in [-0.1, -0.05) is 6.07 Å². The van der Waals surface area contributed by atoms with Crippen molar-refractivity contribution >= 4 is 43.4 Å². The number of rotatable bonds is 8. The summed E-state index contributed by atoms with van der Waals surface area (Å²) >= 11 is 0. The number of aromatic hydroxyl groups is 1. The Morgan fingerprint density at radius 2 is 1.69 bits per heavy atom. The lowest BCUT2D eigenvalue weighted by Gasteiger charge is -2.13. The number of nitrogens with one attached hydrogen (secondary N) is 2. The number of methoxy groups -OCH3 is 2. The number of carbonyl (C=O) groups is 2. The number of phenols is 1. The summed E-state index contributed by atoms with van der Waals surface area (Å²) in [6.45, 7) is 0. The van der Waals surface area contributed by atoms with Gasteiger partial charge in [0.25, 0.3) is 10.0 Å². The van der Waals surface area contributed by atoms with Crippen LogP contribution in [0.2, 0.25) is 0 Å². The van der Waals surface area contributed by atoms with E-state index in [4.69, 9.17) is 5.14 Å². The first-order valence-corrected chi connectivity index (χ1v) is 11.5. The van der Waals surface area contributed by atoms with Crippen LogP contribution in [0.3, 0.4) is 0 Å². The number of hydrogen-bond donors (Lipinski definition) is 4. The number of primary sulfonamides is 1. The Morgan fingerprint density at radius 3 is 2.28 bits per heavy atom. The van der Waals surface area contributed by atoms with Crippen molar-refractivity contribution in [3.8, 4) is 5.75 Å². The highest BCUT2D eigenvalue weighted by molar-refractivity contribution is 7.92. The van der Waals surface area contributed by atoms with E-state index in [2.05, 4.69) is 19.5 Å². The van der Waals surface area contributed by atoms with Crippen LogP contribution in [0.4, 0.5) is 11.4 Å². The number of ether oxygens (including phenoxy) is 2. The molecule has 32 heavy (non-hydrogen) atoms. The number of esters is 2. The summed E-state index contributed by atoms with van der Waals surface area (Å²) < 4.78 is 59.6. The fourth-order valence-corrected chi connectivity index (χ4v) is 3.95. The predicted molar refractivity (Wildman–Crippen MR) is 112 cm³/mol. The molecule has 2 aromatic carbocycles. The van der Waals surface area contributed by atoms with Crippen LogP contribution in [0.15, 0.2) is 64.0 Å². The lowest BCUT2D eigenvalue weighted by atomic mass is 10.2. The van der Waals surface area contributed by atoms with Crippen molar-refractivity contribution in [1.29, 1.82) is 0 Å². The molecule has 0 spiro atoms. The van der Waals surface area contributed by atoms with Gasteiger partial charge in [-0.05, 0) is 36.4 Å². The zero-order chi connectivity index (χ0) is 24.1. The second-order valence-electron chi connectivity index (χ2n) is 6.06. The van der Waals surface area contributed by atoms with Crippen molar-refractivity contribution in [3.63, 3.8) is 0 Å². The van der Waals surface area contributed by atoms with Crippen LogP contribution < -0.4 is 15.2 Å². The molecule has 172 valence electrons. The van der Waals surface area contributed by atoms with Gasteiger partial charge in [0.15, 0.2) is 0 Å². The largest absolute Gasteiger partial charge is 0.506 e. The summed E-state index contributed by atoms with van der Waals surface area (Å²) in [7, 11) is -6.20. The van der Waals surface area contributed by atoms with Crippen molar-refractivity contribution in [2.45, 2.75) is 9.79 Å². The van der Waals surface area contributed by atoms with Crippen molar-refractivity contribution in [2.75, 3.05) is 24.3 Å². The molecule has 0 aliphatic heterocycles. The topological polar surface area (TPSA) is 191 Å². The average molecular weight is 485 g/mol. The number of benzene rings is 2. The van der Waals surface area contributed by atoms with Gasteiger partial charge in [0.1, 0.15) is 11.4 Å². The molecule has 0 saturated heterocycles. The van der Waals surface area contributed by atoms with E-state index >= 15 is 0 Å². The molecule has 0 atom stereocenters. The van der Waals surface area contributed by atoms with E-state index in [1.807, 2.05) is 0 Å². The Hall–Kier alpha value is -3.62. The molecule has 0 fully saturated rings. The normalized spacial score (nSPS) is 12.0. The van der Waals surface area contributed by atoms with E-state index in [1.54, 1.807) is 0 Å². The molecule has 12 nitrogen and oxygen atoms in total. The summed E-state index contributed by atoms with van der Waals surface area (Å²) in [4.78, 5) is 22.7. The lowest BCUT2D eigenvalue weighted by molar-refractivity contribution is -0.138. The molecule has 0 unspecified atom stereocenters. The van der Waals surface area contributed by atoms with E-state index in [1.165, 1.54) is 18.2 Å². The smallest absolute Gasteiger partial charge is 0.354 e. The maximum absolute atomic E-state index is 12.7. The lowest BCUT2D eigenvalue weighted by Crippen LogP contribution is -2.17. The second kappa shape index (κ2) is 9.67. The summed E-state index contributed by atoms with van der Waals surface area (Å²) in [5.74, 6) is -2.33. The van der Waals surface area contributed by atoms with Gasteiger partial charge in [0, 0.05) is 0 Å². The van der Waals surface area contributed by atoms with Gasteiger partial charge in [-0.2, -0.15) is 0 Å². The van der Waals surface area contributed by atoms with Gasteiger partial charge in [0.05, 0.1) is 41.5 Å². The quantitative estimate of drug-likeness (QED) is 0.232. The Bertz CT molecular complexity index is 1290. The van der Waals surface area contributed by atoms with Gasteiger partial charge in [-0.3, -0.25) is 4.72 Å². The first-order valence-electron chi connectivity index (χ1n) is 8.51. The van der Waals surface area contributed by atoms with Crippen LogP contribution in [0.1, 0.15) is 0 Å². The molecule has 0 aliphatic rings. The zero-order valence-electron chi connectivity index (χ0n) is 16.7. The molecular formula is C18H19N3O9S2. The first-order chi connectivity index (χ1) is 14.9. The maximum Gasteiger partial charge on any atom is 0.354 e. The fourth-order valence-electron chi connectivity index (χ4n) is 2.31. The summed E-state index contributed by atoms with van der Waals surface area (Å²) in [5, 5.41) is 17.5. The number of carbonyl (C=O) groups excluding carboxylic acids is 2. The average Bonchev–Trinajstić information content (AvgIpc) is 2.73. The monoisotopic (exact) mass is 485 g/mol. The number of phenolic OH excluding ortho intramolecular Hbond substituents is 1. The van der Waals surface area contributed by atoms with Gasteiger partial charge >= 0.3 is 11.9 Å². The number of sulfonamides is 2. The molecule has 0 heterocycles. The van der Waals surface area contributed by atoms with Crippen LogP contribution in [0.25, 0.3) is 0 Å². The van der Waals surface area contributed by atoms with E-state index in [-0.39, 0.29) is 21.2 Å². The molecule has 0 saturated carbocycles. The van der Waals surface area contributed by atoms with Gasteiger partial charge in [-0.25, -0.2) is 31.6 Å². The summed E-state index contributed by atoms with van der Waals surface area (Å²) in [6.07, 6.45) is 0.753. The highest BCUT2D eigenvalue weighted by Gasteiger charge is 2.20. The Kier molecular flexibility index (Phi) is 7.45. The molecule has 2 rings (SSSR count). The molecule has 2 aromatic rings. The summed E-state index contributed by atoms with van der Waals surface area (Å²) in [6, 6.07) is 7.90. The van der Waals surface area contributed by atoms with Crippen molar-refractivity contribution < 1.29 is 41.0 Å². The van der Waals surface area contributed by atoms with Crippen molar-refractivity contribution in [1.82, 2.24) is 0 Å². The minimum atomic E-state index is -4.27. The maximum atomic E-state index is 12.7. The van der Waals surface area contributed by atoms with Gasteiger partial charge in [0.2, 0.25) is 10.0 Å². The molecule has 0 aliphatic carbocycles. The van der Waals surface area contributed by atoms with Crippen LogP contribution in [-0.2, 0) is 39.1 Å². The molecule has 0 amide bonds. The Balaban J connectivity index is 2.41. The number of anilines is 2. The highest BCUT2D eigenvalue weighted by atomic mass is 32.2. The van der Waals surface area contributed by atoms with Crippen molar-refractivity contribution in [2.24, 2.45) is 5.14 Å². The molecule has 0 bridgehead atoms. The van der Waals surface area contributed by atoms with Crippen LogP contribution in [0.5, 0.6) is 5.75 Å². The van der Waals surface area contributed by atoms with Crippen LogP contribution >= 0.6 is 0 Å². The SMILES string of the molecule is COC(=O)/C=C(/Nc1cc(S(=O)(=O)Nc2cccc(S(N)(=O)=O)c2)ccc1O)C(=O)OC. The standard InChI is InChI=1S/C18H19N3O9S2/c1-29-17(23)10-15(18(24)30-2)20-14-9-13(6-7-16(14)22)32(27,28)21-11-4-3-5-12(8-11)31(19,25)26/h3-10,20-22H,1-2H3,(H2,19,25,26)/b15-10+. The third-order valence-corrected chi connectivity index (χ3v) is 6.12. The third kappa shape index (κ3) is 6.19. The molecule has 14 heteroatoms. The first kappa shape index (κ1) is 24.6. The second-order valence-corrected chi connectivity index (χ2v) is 9.30. The fraction of sp³-hybridized carbons (Fsp3) is 0.111. The number of nitrogens with two attached hydrogens (primary N) is 1. The molecule has 5 N–H and O–H groups in total. The van der Waals surface area contributed by atoms with Crippen LogP contribution in [0, 0.1) is 0 Å². The van der Waals surface area contributed by atoms with Gasteiger partial charge < -0.3 is 19.9 Å². The van der Waals surface area contributed by atoms with E-state index in [0.717, 1.165) is 44.6 Å². The van der Waals surface area contributed by atoms with E-state index in [9.17, 15) is 31.5 Å². The zero-order valence-corrected chi connectivity index (χ0v) is 18.4. The predicted octanol–water partition coefficient (Wildman–Crippen LogP) is 0.482. The van der Waals surface area contributed by atoms with Crippen LogP contribution in [-0.4, -0.2) is 48.1 Å². The Morgan fingerprint density at radius 1 is 1.00 bits per heavy atom.